The lowest BCUT2D eigenvalue weighted by Crippen LogP contribution is -2.10. The van der Waals surface area contributed by atoms with Crippen molar-refractivity contribution in [3.63, 3.8) is 0 Å². The van der Waals surface area contributed by atoms with Crippen LogP contribution in [0.4, 0.5) is 0 Å². The van der Waals surface area contributed by atoms with E-state index in [4.69, 9.17) is 5.73 Å². The number of hydrogen-bond acceptors (Lipinski definition) is 2. The number of fused-ring (bicyclic) bond motifs is 1. The Labute approximate surface area is 125 Å². The van der Waals surface area contributed by atoms with E-state index in [9.17, 15) is 4.79 Å². The van der Waals surface area contributed by atoms with Crippen molar-refractivity contribution in [2.45, 2.75) is 13.5 Å². The van der Waals surface area contributed by atoms with Crippen molar-refractivity contribution in [3.8, 4) is 0 Å². The molecule has 0 spiro atoms. The maximum Gasteiger partial charge on any atom is 0.252 e. The van der Waals surface area contributed by atoms with Gasteiger partial charge >= 0.3 is 0 Å². The molecule has 0 aliphatic rings. The zero-order valence-corrected chi connectivity index (χ0v) is 12.9. The number of hydrogen-bond donors (Lipinski definition) is 1. The first kappa shape index (κ1) is 13.8. The van der Waals surface area contributed by atoms with E-state index in [2.05, 4.69) is 26.4 Å². The molecule has 2 heterocycles. The Kier molecular flexibility index (Phi) is 3.48. The quantitative estimate of drug-likeness (QED) is 0.752. The summed E-state index contributed by atoms with van der Waals surface area (Å²) in [6, 6.07) is 10.2. The van der Waals surface area contributed by atoms with Crippen LogP contribution in [0.2, 0.25) is 0 Å². The highest BCUT2D eigenvalue weighted by Crippen LogP contribution is 2.23. The number of amides is 1. The summed E-state index contributed by atoms with van der Waals surface area (Å²) in [5.74, 6) is -0.447. The third-order valence-corrected chi connectivity index (χ3v) is 3.94. The molecule has 1 atom stereocenters. The van der Waals surface area contributed by atoms with Crippen LogP contribution in [0.3, 0.4) is 0 Å². The molecular weight excluding hydrogens is 281 g/mol. The van der Waals surface area contributed by atoms with Crippen LogP contribution >= 0.6 is 9.24 Å². The van der Waals surface area contributed by atoms with Crippen molar-refractivity contribution >= 4 is 31.5 Å². The number of aryl methyl sites for hydroxylation is 1. The molecule has 0 radical (unpaired) electrons. The summed E-state index contributed by atoms with van der Waals surface area (Å²) >= 11 is 0. The minimum atomic E-state index is -0.447. The van der Waals surface area contributed by atoms with Crippen molar-refractivity contribution in [1.82, 2.24) is 9.55 Å². The molecule has 0 bridgehead atoms. The van der Waals surface area contributed by atoms with Crippen molar-refractivity contribution in [1.29, 1.82) is 0 Å². The molecule has 21 heavy (non-hydrogen) atoms. The van der Waals surface area contributed by atoms with Gasteiger partial charge in [-0.05, 0) is 29.4 Å². The number of nitrogens with two attached hydrogens (primary N) is 1. The molecule has 0 saturated heterocycles. The van der Waals surface area contributed by atoms with Crippen LogP contribution in [0.25, 0.3) is 11.0 Å². The molecule has 4 nitrogen and oxygen atoms in total. The third kappa shape index (κ3) is 2.55. The van der Waals surface area contributed by atoms with E-state index in [0.29, 0.717) is 17.6 Å². The normalized spacial score (nSPS) is 11.0. The lowest BCUT2D eigenvalue weighted by atomic mass is 10.2. The molecule has 3 rings (SSSR count). The molecule has 1 amide bonds. The largest absolute Gasteiger partial charge is 0.365 e. The van der Waals surface area contributed by atoms with Gasteiger partial charge in [0.1, 0.15) is 5.52 Å². The molecule has 2 aromatic heterocycles. The van der Waals surface area contributed by atoms with Gasteiger partial charge in [0.25, 0.3) is 5.91 Å². The number of rotatable bonds is 3. The summed E-state index contributed by atoms with van der Waals surface area (Å²) in [5.41, 5.74) is 9.80. The maximum absolute atomic E-state index is 11.6. The lowest BCUT2D eigenvalue weighted by Gasteiger charge is -2.07. The zero-order chi connectivity index (χ0) is 15.0. The summed E-state index contributed by atoms with van der Waals surface area (Å²) in [6.45, 7) is 2.69. The van der Waals surface area contributed by atoms with Crippen molar-refractivity contribution in [2.24, 2.45) is 5.73 Å². The standard InChI is InChI=1S/C16H16N3OP/c1-10-6-7-18-14-13(16(17)20)9-19(15(10)14)8-11-2-4-12(21)5-3-11/h2-7,9H,8,21H2,1H3,(H2,17,20). The highest BCUT2D eigenvalue weighted by molar-refractivity contribution is 7.27. The second kappa shape index (κ2) is 5.30. The molecule has 5 heteroatoms. The Hall–Kier alpha value is -2.19. The average Bonchev–Trinajstić information content (AvgIpc) is 2.82. The molecule has 0 fully saturated rings. The zero-order valence-electron chi connectivity index (χ0n) is 11.7. The summed E-state index contributed by atoms with van der Waals surface area (Å²) in [6.07, 6.45) is 3.50. The number of carbonyl (C=O) groups is 1. The molecule has 3 aromatic rings. The van der Waals surface area contributed by atoms with Gasteiger partial charge in [0.15, 0.2) is 0 Å². The van der Waals surface area contributed by atoms with E-state index in [-0.39, 0.29) is 0 Å². The molecule has 0 aliphatic carbocycles. The SMILES string of the molecule is Cc1ccnc2c(C(N)=O)cn(Cc3ccc(P)cc3)c12. The molecule has 1 aromatic carbocycles. The Balaban J connectivity index is 2.13. The number of carbonyl (C=O) groups excluding carboxylic acids is 1. The Morgan fingerprint density at radius 2 is 2.00 bits per heavy atom. The predicted octanol–water partition coefficient (Wildman–Crippen LogP) is 1.99. The first-order valence-corrected chi connectivity index (χ1v) is 7.22. The average molecular weight is 297 g/mol. The second-order valence-corrected chi connectivity index (χ2v) is 5.77. The Morgan fingerprint density at radius 3 is 2.67 bits per heavy atom. The minimum absolute atomic E-state index is 0.447. The Morgan fingerprint density at radius 1 is 1.29 bits per heavy atom. The number of primary amides is 1. The van der Waals surface area contributed by atoms with Crippen LogP contribution in [-0.2, 0) is 6.54 Å². The van der Waals surface area contributed by atoms with E-state index >= 15 is 0 Å². The van der Waals surface area contributed by atoms with Crippen LogP contribution in [-0.4, -0.2) is 15.5 Å². The van der Waals surface area contributed by atoms with Gasteiger partial charge in [0, 0.05) is 18.9 Å². The van der Waals surface area contributed by atoms with Crippen LogP contribution in [0, 0.1) is 6.92 Å². The van der Waals surface area contributed by atoms with Crippen molar-refractivity contribution in [2.75, 3.05) is 0 Å². The monoisotopic (exact) mass is 297 g/mol. The van der Waals surface area contributed by atoms with Crippen LogP contribution < -0.4 is 11.0 Å². The van der Waals surface area contributed by atoms with Gasteiger partial charge in [0.2, 0.25) is 0 Å². The van der Waals surface area contributed by atoms with Crippen molar-refractivity contribution in [3.05, 3.63) is 59.4 Å². The third-order valence-electron chi connectivity index (χ3n) is 3.55. The first-order valence-electron chi connectivity index (χ1n) is 6.65. The predicted molar refractivity (Wildman–Crippen MR) is 87.9 cm³/mol. The lowest BCUT2D eigenvalue weighted by molar-refractivity contribution is 0.100. The summed E-state index contributed by atoms with van der Waals surface area (Å²) in [4.78, 5) is 15.9. The highest BCUT2D eigenvalue weighted by Gasteiger charge is 2.15. The molecule has 0 saturated carbocycles. The van der Waals surface area contributed by atoms with Gasteiger partial charge in [-0.2, -0.15) is 0 Å². The highest BCUT2D eigenvalue weighted by atomic mass is 31.0. The summed E-state index contributed by atoms with van der Waals surface area (Å²) in [5, 5.41) is 1.15. The minimum Gasteiger partial charge on any atom is -0.365 e. The number of pyridine rings is 1. The van der Waals surface area contributed by atoms with E-state index in [0.717, 1.165) is 21.9 Å². The van der Waals surface area contributed by atoms with Gasteiger partial charge < -0.3 is 10.3 Å². The summed E-state index contributed by atoms with van der Waals surface area (Å²) < 4.78 is 2.04. The number of aromatic nitrogens is 2. The van der Waals surface area contributed by atoms with E-state index < -0.39 is 5.91 Å². The molecule has 106 valence electrons. The van der Waals surface area contributed by atoms with E-state index in [1.807, 2.05) is 29.7 Å². The molecule has 2 N–H and O–H groups in total. The number of benzene rings is 1. The fourth-order valence-electron chi connectivity index (χ4n) is 2.52. The molecule has 0 aliphatic heterocycles. The van der Waals surface area contributed by atoms with Gasteiger partial charge in [-0.25, -0.2) is 0 Å². The second-order valence-electron chi connectivity index (χ2n) is 5.10. The smallest absolute Gasteiger partial charge is 0.252 e. The van der Waals surface area contributed by atoms with Gasteiger partial charge in [-0.1, -0.05) is 24.3 Å². The fraction of sp³-hybridized carbons (Fsp3) is 0.125. The van der Waals surface area contributed by atoms with Gasteiger partial charge in [-0.3, -0.25) is 9.78 Å². The van der Waals surface area contributed by atoms with Gasteiger partial charge in [-0.15, -0.1) is 9.24 Å². The first-order chi connectivity index (χ1) is 10.1. The molecular formula is C16H16N3OP. The molecule has 1 unspecified atom stereocenters. The topological polar surface area (TPSA) is 60.9 Å². The number of nitrogens with zero attached hydrogens (tertiary/aromatic N) is 2. The van der Waals surface area contributed by atoms with E-state index in [1.165, 1.54) is 0 Å². The van der Waals surface area contributed by atoms with Crippen LogP contribution in [0.1, 0.15) is 21.5 Å². The van der Waals surface area contributed by atoms with Crippen molar-refractivity contribution < 1.29 is 4.79 Å². The van der Waals surface area contributed by atoms with Crippen LogP contribution in [0.15, 0.2) is 42.7 Å². The van der Waals surface area contributed by atoms with Gasteiger partial charge in [0.05, 0.1) is 11.1 Å². The van der Waals surface area contributed by atoms with Crippen LogP contribution in [0.5, 0.6) is 0 Å². The maximum atomic E-state index is 11.6. The summed E-state index contributed by atoms with van der Waals surface area (Å²) in [7, 11) is 2.67. The Bertz CT molecular complexity index is 821. The fourth-order valence-corrected chi connectivity index (χ4v) is 2.71. The van der Waals surface area contributed by atoms with E-state index in [1.54, 1.807) is 12.4 Å².